The van der Waals surface area contributed by atoms with Crippen molar-refractivity contribution in [3.63, 3.8) is 0 Å². The van der Waals surface area contributed by atoms with E-state index in [9.17, 15) is 0 Å². The molecular weight excluding hydrogens is 332 g/mol. The highest BCUT2D eigenvalue weighted by Crippen LogP contribution is 2.10. The molecule has 130 valence electrons. The first-order valence-corrected chi connectivity index (χ1v) is 9.01. The summed E-state index contributed by atoms with van der Waals surface area (Å²) in [4.78, 5) is 9.81. The van der Waals surface area contributed by atoms with E-state index in [1.165, 1.54) is 10.4 Å². The number of benzene rings is 1. The summed E-state index contributed by atoms with van der Waals surface area (Å²) in [7, 11) is 1.77. The van der Waals surface area contributed by atoms with Crippen LogP contribution in [0.3, 0.4) is 0 Å². The van der Waals surface area contributed by atoms with E-state index < -0.39 is 0 Å². The Labute approximate surface area is 151 Å². The summed E-state index contributed by atoms with van der Waals surface area (Å²) in [6, 6.07) is 10.1. The maximum Gasteiger partial charge on any atom is 0.191 e. The van der Waals surface area contributed by atoms with Gasteiger partial charge in [0.2, 0.25) is 0 Å². The number of aryl methyl sites for hydroxylation is 1. The molecule has 0 saturated carbocycles. The number of para-hydroxylation sites is 1. The van der Waals surface area contributed by atoms with E-state index in [0.717, 1.165) is 29.6 Å². The van der Waals surface area contributed by atoms with E-state index in [1.807, 2.05) is 47.4 Å². The van der Waals surface area contributed by atoms with Gasteiger partial charge in [-0.3, -0.25) is 4.99 Å². The van der Waals surface area contributed by atoms with Gasteiger partial charge in [-0.15, -0.1) is 11.3 Å². The highest BCUT2D eigenvalue weighted by Gasteiger charge is 2.03. The smallest absolute Gasteiger partial charge is 0.191 e. The Balaban J connectivity index is 1.46. The third-order valence-electron chi connectivity index (χ3n) is 3.66. The summed E-state index contributed by atoms with van der Waals surface area (Å²) >= 11 is 1.69. The second-order valence-electron chi connectivity index (χ2n) is 5.60. The molecule has 6 nitrogen and oxygen atoms in total. The molecule has 0 spiro atoms. The van der Waals surface area contributed by atoms with E-state index in [4.69, 9.17) is 0 Å². The van der Waals surface area contributed by atoms with Crippen LogP contribution < -0.4 is 10.6 Å². The Morgan fingerprint density at radius 2 is 2.04 bits per heavy atom. The van der Waals surface area contributed by atoms with E-state index in [2.05, 4.69) is 38.8 Å². The predicted molar refractivity (Wildman–Crippen MR) is 102 cm³/mol. The zero-order chi connectivity index (χ0) is 17.5. The number of rotatable bonds is 6. The summed E-state index contributed by atoms with van der Waals surface area (Å²) in [5.41, 5.74) is 2.25. The average Bonchev–Trinajstić information content (AvgIpc) is 3.28. The van der Waals surface area contributed by atoms with Crippen LogP contribution in [-0.4, -0.2) is 34.3 Å². The van der Waals surface area contributed by atoms with Crippen molar-refractivity contribution in [3.8, 4) is 5.69 Å². The molecule has 0 aliphatic rings. The van der Waals surface area contributed by atoms with Crippen LogP contribution in [0, 0.1) is 6.92 Å². The van der Waals surface area contributed by atoms with Crippen LogP contribution in [0.15, 0.2) is 53.9 Å². The first-order chi connectivity index (χ1) is 12.2. The van der Waals surface area contributed by atoms with Gasteiger partial charge >= 0.3 is 0 Å². The number of hydrogen-bond donors (Lipinski definition) is 2. The van der Waals surface area contributed by atoms with Crippen molar-refractivity contribution in [2.75, 3.05) is 13.6 Å². The number of thiazole rings is 1. The van der Waals surface area contributed by atoms with Gasteiger partial charge in [-0.2, -0.15) is 5.10 Å². The minimum Gasteiger partial charge on any atom is -0.356 e. The molecule has 0 aliphatic carbocycles. The fourth-order valence-electron chi connectivity index (χ4n) is 2.40. The first-order valence-electron chi connectivity index (χ1n) is 8.19. The summed E-state index contributed by atoms with van der Waals surface area (Å²) < 4.78 is 1.90. The third kappa shape index (κ3) is 4.90. The molecule has 2 heterocycles. The van der Waals surface area contributed by atoms with Crippen molar-refractivity contribution in [1.82, 2.24) is 25.4 Å². The second-order valence-corrected chi connectivity index (χ2v) is 6.92. The average molecular weight is 354 g/mol. The monoisotopic (exact) mass is 354 g/mol. The fourth-order valence-corrected chi connectivity index (χ4v) is 3.13. The lowest BCUT2D eigenvalue weighted by atomic mass is 10.2. The van der Waals surface area contributed by atoms with Crippen molar-refractivity contribution in [2.45, 2.75) is 19.9 Å². The lowest BCUT2D eigenvalue weighted by Crippen LogP contribution is -2.37. The third-order valence-corrected chi connectivity index (χ3v) is 4.58. The highest BCUT2D eigenvalue weighted by molar-refractivity contribution is 7.11. The van der Waals surface area contributed by atoms with Crippen LogP contribution in [-0.2, 0) is 13.0 Å². The summed E-state index contributed by atoms with van der Waals surface area (Å²) in [5, 5.41) is 12.1. The van der Waals surface area contributed by atoms with Crippen molar-refractivity contribution in [3.05, 3.63) is 64.4 Å². The molecule has 0 unspecified atom stereocenters. The summed E-state index contributed by atoms with van der Waals surface area (Å²) in [6.45, 7) is 3.53. The van der Waals surface area contributed by atoms with Crippen molar-refractivity contribution in [1.29, 1.82) is 0 Å². The summed E-state index contributed by atoms with van der Waals surface area (Å²) in [5.74, 6) is 0.781. The first kappa shape index (κ1) is 17.2. The molecular formula is C18H22N6S. The van der Waals surface area contributed by atoms with Gasteiger partial charge in [0, 0.05) is 30.9 Å². The molecule has 0 saturated heterocycles. The number of nitrogens with zero attached hydrogens (tertiary/aromatic N) is 4. The Kier molecular flexibility index (Phi) is 5.79. The Bertz CT molecular complexity index is 821. The van der Waals surface area contributed by atoms with Crippen molar-refractivity contribution in [2.24, 2.45) is 4.99 Å². The van der Waals surface area contributed by atoms with Gasteiger partial charge in [-0.05, 0) is 31.0 Å². The van der Waals surface area contributed by atoms with Crippen LogP contribution in [0.4, 0.5) is 0 Å². The molecule has 3 aromatic rings. The number of nitrogens with one attached hydrogen (secondary N) is 2. The lowest BCUT2D eigenvalue weighted by molar-refractivity contribution is 0.791. The highest BCUT2D eigenvalue weighted by atomic mass is 32.1. The maximum atomic E-state index is 4.42. The van der Waals surface area contributed by atoms with Gasteiger partial charge in [0.1, 0.15) is 5.01 Å². The van der Waals surface area contributed by atoms with Crippen LogP contribution in [0.25, 0.3) is 5.69 Å². The minimum absolute atomic E-state index is 0.685. The van der Waals surface area contributed by atoms with Crippen LogP contribution in [0.1, 0.15) is 15.4 Å². The molecule has 25 heavy (non-hydrogen) atoms. The molecule has 0 amide bonds. The second kappa shape index (κ2) is 8.43. The number of aromatic nitrogens is 3. The largest absolute Gasteiger partial charge is 0.356 e. The number of hydrogen-bond acceptors (Lipinski definition) is 4. The molecule has 0 radical (unpaired) electrons. The van der Waals surface area contributed by atoms with Gasteiger partial charge in [-0.1, -0.05) is 18.2 Å². The molecule has 0 bridgehead atoms. The van der Waals surface area contributed by atoms with Crippen LogP contribution in [0.2, 0.25) is 0 Å². The van der Waals surface area contributed by atoms with Gasteiger partial charge in [0.05, 0.1) is 18.4 Å². The van der Waals surface area contributed by atoms with Crippen LogP contribution >= 0.6 is 11.3 Å². The Morgan fingerprint density at radius 1 is 1.20 bits per heavy atom. The van der Waals surface area contributed by atoms with Crippen molar-refractivity contribution >= 4 is 17.3 Å². The van der Waals surface area contributed by atoms with E-state index >= 15 is 0 Å². The molecule has 0 atom stereocenters. The molecule has 3 rings (SSSR count). The molecule has 7 heteroatoms. The van der Waals surface area contributed by atoms with E-state index in [1.54, 1.807) is 18.4 Å². The zero-order valence-electron chi connectivity index (χ0n) is 14.4. The molecule has 0 aliphatic heterocycles. The molecule has 1 aromatic carbocycles. The van der Waals surface area contributed by atoms with Crippen molar-refractivity contribution < 1.29 is 0 Å². The van der Waals surface area contributed by atoms with E-state index in [-0.39, 0.29) is 0 Å². The zero-order valence-corrected chi connectivity index (χ0v) is 15.3. The minimum atomic E-state index is 0.685. The topological polar surface area (TPSA) is 67.1 Å². The maximum absolute atomic E-state index is 4.42. The molecule has 2 aromatic heterocycles. The normalized spacial score (nSPS) is 11.5. The molecule has 0 fully saturated rings. The van der Waals surface area contributed by atoms with E-state index in [0.29, 0.717) is 6.54 Å². The quantitative estimate of drug-likeness (QED) is 0.527. The lowest BCUT2D eigenvalue weighted by Gasteiger charge is -2.10. The van der Waals surface area contributed by atoms with Gasteiger partial charge in [-0.25, -0.2) is 9.67 Å². The molecule has 2 N–H and O–H groups in total. The summed E-state index contributed by atoms with van der Waals surface area (Å²) in [6.07, 6.45) is 6.74. The SMILES string of the molecule is CN=C(NCCc1cnn(-c2ccccc2)c1)NCc1ncc(C)s1. The Morgan fingerprint density at radius 3 is 2.76 bits per heavy atom. The van der Waals surface area contributed by atoms with Crippen LogP contribution in [0.5, 0.6) is 0 Å². The van der Waals surface area contributed by atoms with Gasteiger partial charge < -0.3 is 10.6 Å². The number of guanidine groups is 1. The fraction of sp³-hybridized carbons (Fsp3) is 0.278. The standard InChI is InChI=1S/C18H22N6S/c1-14-10-21-17(25-14)12-22-18(19-2)20-9-8-15-11-23-24(13-15)16-6-4-3-5-7-16/h3-7,10-11,13H,8-9,12H2,1-2H3,(H2,19,20,22). The predicted octanol–water partition coefficient (Wildman–Crippen LogP) is 2.54. The Hall–Kier alpha value is -2.67. The van der Waals surface area contributed by atoms with Gasteiger partial charge in [0.25, 0.3) is 0 Å². The number of aliphatic imine (C=N–C) groups is 1. The van der Waals surface area contributed by atoms with Gasteiger partial charge in [0.15, 0.2) is 5.96 Å².